The molecule has 3 atom stereocenters. The van der Waals surface area contributed by atoms with Gasteiger partial charge >= 0.3 is 0 Å². The smallest absolute Gasteiger partial charge is 0.00178 e. The molecule has 0 aromatic heterocycles. The number of fused-ring (bicyclic) bond motifs is 1. The van der Waals surface area contributed by atoms with Crippen LogP contribution in [-0.2, 0) is 0 Å². The first-order chi connectivity index (χ1) is 5.79. The molecule has 0 aromatic rings. The lowest BCUT2D eigenvalue weighted by Gasteiger charge is -2.34. The van der Waals surface area contributed by atoms with Gasteiger partial charge in [-0.1, -0.05) is 42.9 Å². The Morgan fingerprint density at radius 1 is 1.33 bits per heavy atom. The molecule has 2 aliphatic carbocycles. The molecule has 3 unspecified atom stereocenters. The van der Waals surface area contributed by atoms with E-state index in [9.17, 15) is 0 Å². The molecule has 0 nitrogen and oxygen atoms in total. The van der Waals surface area contributed by atoms with E-state index in [1.165, 1.54) is 6.42 Å². The second kappa shape index (κ2) is 2.93. The summed E-state index contributed by atoms with van der Waals surface area (Å²) in [5.74, 6) is 2.28. The second-order valence-electron chi connectivity index (χ2n) is 4.04. The second-order valence-corrected chi connectivity index (χ2v) is 4.04. The van der Waals surface area contributed by atoms with Crippen molar-refractivity contribution < 1.29 is 0 Å². The van der Waals surface area contributed by atoms with Gasteiger partial charge in [-0.3, -0.25) is 0 Å². The molecule has 0 radical (unpaired) electrons. The number of rotatable bonds is 0. The average Bonchev–Trinajstić information content (AvgIpc) is 2.04. The summed E-state index contributed by atoms with van der Waals surface area (Å²) >= 11 is 0. The van der Waals surface area contributed by atoms with Gasteiger partial charge in [0.2, 0.25) is 0 Å². The Bertz CT molecular complexity index is 255. The number of hydrogen-bond acceptors (Lipinski definition) is 0. The molecule has 0 heteroatoms. The maximum Gasteiger partial charge on any atom is 0.00178 e. The lowest BCUT2D eigenvalue weighted by molar-refractivity contribution is 0.344. The first-order valence-electron chi connectivity index (χ1n) is 4.80. The molecule has 0 amide bonds. The fourth-order valence-electron chi connectivity index (χ4n) is 2.48. The summed E-state index contributed by atoms with van der Waals surface area (Å²) in [6.45, 7) is 4.62. The monoisotopic (exact) mass is 160 g/mol. The highest BCUT2D eigenvalue weighted by Crippen LogP contribution is 2.38. The summed E-state index contributed by atoms with van der Waals surface area (Å²) in [7, 11) is 0. The molecule has 0 saturated heterocycles. The van der Waals surface area contributed by atoms with Gasteiger partial charge in [0.25, 0.3) is 0 Å². The normalized spacial score (nSPS) is 39.2. The molecule has 0 saturated carbocycles. The zero-order chi connectivity index (χ0) is 8.55. The summed E-state index contributed by atoms with van der Waals surface area (Å²) in [6, 6.07) is 0. The van der Waals surface area contributed by atoms with Crippen LogP contribution >= 0.6 is 0 Å². The third kappa shape index (κ3) is 1.16. The van der Waals surface area contributed by atoms with Gasteiger partial charge < -0.3 is 0 Å². The van der Waals surface area contributed by atoms with Gasteiger partial charge in [-0.25, -0.2) is 0 Å². The molecule has 2 aliphatic rings. The third-order valence-electron chi connectivity index (χ3n) is 3.11. The van der Waals surface area contributed by atoms with Gasteiger partial charge in [-0.15, -0.1) is 0 Å². The Labute approximate surface area is 74.7 Å². The van der Waals surface area contributed by atoms with Crippen molar-refractivity contribution in [1.82, 2.24) is 0 Å². The van der Waals surface area contributed by atoms with E-state index in [1.807, 2.05) is 0 Å². The zero-order valence-corrected chi connectivity index (χ0v) is 7.83. The van der Waals surface area contributed by atoms with Crippen molar-refractivity contribution in [3.05, 3.63) is 36.0 Å². The van der Waals surface area contributed by atoms with E-state index < -0.39 is 0 Å². The van der Waals surface area contributed by atoms with Crippen LogP contribution in [0.25, 0.3) is 0 Å². The Morgan fingerprint density at radius 2 is 2.17 bits per heavy atom. The molecular formula is C12H16. The van der Waals surface area contributed by atoms with Gasteiger partial charge in [-0.05, 0) is 25.2 Å². The average molecular weight is 160 g/mol. The van der Waals surface area contributed by atoms with Gasteiger partial charge in [0.1, 0.15) is 0 Å². The zero-order valence-electron chi connectivity index (χ0n) is 7.83. The van der Waals surface area contributed by atoms with Crippen molar-refractivity contribution in [2.75, 3.05) is 0 Å². The van der Waals surface area contributed by atoms with Crippen molar-refractivity contribution in [3.63, 3.8) is 0 Å². The van der Waals surface area contributed by atoms with Crippen molar-refractivity contribution in [2.24, 2.45) is 17.8 Å². The van der Waals surface area contributed by atoms with Crippen molar-refractivity contribution >= 4 is 0 Å². The van der Waals surface area contributed by atoms with E-state index in [0.717, 1.165) is 11.8 Å². The predicted molar refractivity (Wildman–Crippen MR) is 52.8 cm³/mol. The van der Waals surface area contributed by atoms with Crippen LogP contribution in [0.5, 0.6) is 0 Å². The van der Waals surface area contributed by atoms with E-state index in [1.54, 1.807) is 5.57 Å². The highest BCUT2D eigenvalue weighted by Gasteiger charge is 2.28. The Morgan fingerprint density at radius 3 is 2.92 bits per heavy atom. The van der Waals surface area contributed by atoms with Crippen LogP contribution in [0, 0.1) is 17.8 Å². The van der Waals surface area contributed by atoms with Crippen LogP contribution in [0.3, 0.4) is 0 Å². The largest absolute Gasteiger partial charge is 0.0876 e. The van der Waals surface area contributed by atoms with Crippen molar-refractivity contribution in [3.8, 4) is 0 Å². The molecule has 2 rings (SSSR count). The van der Waals surface area contributed by atoms with Crippen LogP contribution in [0.1, 0.15) is 20.3 Å². The molecule has 0 aliphatic heterocycles. The van der Waals surface area contributed by atoms with Crippen LogP contribution in [0.2, 0.25) is 0 Å². The van der Waals surface area contributed by atoms with Crippen molar-refractivity contribution in [1.29, 1.82) is 0 Å². The van der Waals surface area contributed by atoms with E-state index in [4.69, 9.17) is 0 Å². The third-order valence-corrected chi connectivity index (χ3v) is 3.11. The van der Waals surface area contributed by atoms with E-state index in [-0.39, 0.29) is 0 Å². The lowest BCUT2D eigenvalue weighted by Crippen LogP contribution is -2.24. The summed E-state index contributed by atoms with van der Waals surface area (Å²) < 4.78 is 0. The minimum absolute atomic E-state index is 0.679. The van der Waals surface area contributed by atoms with E-state index >= 15 is 0 Å². The summed E-state index contributed by atoms with van der Waals surface area (Å²) in [6.07, 6.45) is 12.7. The standard InChI is InChI=1S/C12H16/c1-9-5-3-7-11-8-4-6-10(2)12(9)11/h3-5,7-8,10-12H,6H2,1-2H3. The van der Waals surface area contributed by atoms with Crippen LogP contribution < -0.4 is 0 Å². The van der Waals surface area contributed by atoms with E-state index in [0.29, 0.717) is 5.92 Å². The first-order valence-corrected chi connectivity index (χ1v) is 4.80. The first kappa shape index (κ1) is 7.85. The molecule has 0 aromatic carbocycles. The summed E-state index contributed by atoms with van der Waals surface area (Å²) in [5, 5.41) is 0. The summed E-state index contributed by atoms with van der Waals surface area (Å²) in [5.41, 5.74) is 1.55. The molecule has 64 valence electrons. The predicted octanol–water partition coefficient (Wildman–Crippen LogP) is 3.33. The summed E-state index contributed by atoms with van der Waals surface area (Å²) in [4.78, 5) is 0. The minimum atomic E-state index is 0.679. The SMILES string of the molecule is CC1=CC=CC2C=CCC(C)C12. The topological polar surface area (TPSA) is 0 Å². The highest BCUT2D eigenvalue weighted by molar-refractivity contribution is 5.27. The fourth-order valence-corrected chi connectivity index (χ4v) is 2.48. The maximum absolute atomic E-state index is 2.36. The van der Waals surface area contributed by atoms with Crippen LogP contribution in [-0.4, -0.2) is 0 Å². The molecular weight excluding hydrogens is 144 g/mol. The quantitative estimate of drug-likeness (QED) is 0.477. The Hall–Kier alpha value is -0.780. The van der Waals surface area contributed by atoms with E-state index in [2.05, 4.69) is 44.2 Å². The van der Waals surface area contributed by atoms with Crippen LogP contribution in [0.15, 0.2) is 36.0 Å². The number of allylic oxidation sites excluding steroid dienone is 6. The molecule has 12 heavy (non-hydrogen) atoms. The molecule has 0 heterocycles. The minimum Gasteiger partial charge on any atom is -0.0876 e. The van der Waals surface area contributed by atoms with Gasteiger partial charge in [0.15, 0.2) is 0 Å². The molecule has 0 N–H and O–H groups in total. The Balaban J connectivity index is 2.31. The fraction of sp³-hybridized carbons (Fsp3) is 0.500. The molecule has 0 bridgehead atoms. The maximum atomic E-state index is 2.36. The lowest BCUT2D eigenvalue weighted by atomic mass is 9.71. The number of hydrogen-bond donors (Lipinski definition) is 0. The molecule has 0 spiro atoms. The van der Waals surface area contributed by atoms with Crippen LogP contribution in [0.4, 0.5) is 0 Å². The van der Waals surface area contributed by atoms with Gasteiger partial charge in [0, 0.05) is 5.92 Å². The molecule has 0 fully saturated rings. The van der Waals surface area contributed by atoms with Crippen molar-refractivity contribution in [2.45, 2.75) is 20.3 Å². The van der Waals surface area contributed by atoms with Gasteiger partial charge in [-0.2, -0.15) is 0 Å². The Kier molecular flexibility index (Phi) is 1.92. The highest BCUT2D eigenvalue weighted by atomic mass is 14.3. The van der Waals surface area contributed by atoms with Gasteiger partial charge in [0.05, 0.1) is 0 Å².